The number of hydrogen-bond donors (Lipinski definition) is 1. The quantitative estimate of drug-likeness (QED) is 0.401. The summed E-state index contributed by atoms with van der Waals surface area (Å²) in [6.07, 6.45) is 1.05. The smallest absolute Gasteiger partial charge is 0.330 e. The molecule has 9 heavy (non-hydrogen) atoms. The van der Waals surface area contributed by atoms with E-state index in [2.05, 4.69) is 11.3 Å². The van der Waals surface area contributed by atoms with Crippen molar-refractivity contribution in [1.82, 2.24) is 0 Å². The van der Waals surface area contributed by atoms with E-state index < -0.39 is 5.97 Å². The van der Waals surface area contributed by atoms with Gasteiger partial charge in [-0.1, -0.05) is 6.58 Å². The van der Waals surface area contributed by atoms with E-state index in [1.807, 2.05) is 0 Å². The summed E-state index contributed by atoms with van der Waals surface area (Å²) >= 11 is 0. The number of aliphatic hydroxyl groups is 1. The van der Waals surface area contributed by atoms with Crippen LogP contribution in [-0.2, 0) is 29.0 Å². The van der Waals surface area contributed by atoms with Crippen LogP contribution in [0.4, 0.5) is 0 Å². The van der Waals surface area contributed by atoms with Gasteiger partial charge in [-0.25, -0.2) is 4.79 Å². The molecular formula is C5H8O3Ru. The van der Waals surface area contributed by atoms with Gasteiger partial charge in [-0.3, -0.25) is 0 Å². The maximum atomic E-state index is 10.1. The monoisotopic (exact) mass is 218 g/mol. The Bertz CT molecular complexity index is 92.2. The summed E-state index contributed by atoms with van der Waals surface area (Å²) in [5.41, 5.74) is 0. The van der Waals surface area contributed by atoms with Crippen molar-refractivity contribution in [2.75, 3.05) is 13.2 Å². The van der Waals surface area contributed by atoms with Gasteiger partial charge in [0.2, 0.25) is 0 Å². The molecule has 0 amide bonds. The number of aliphatic hydroxyl groups excluding tert-OH is 1. The Kier molecular flexibility index (Phi) is 10.0. The fourth-order valence-corrected chi connectivity index (χ4v) is 0.205. The van der Waals surface area contributed by atoms with E-state index in [0.29, 0.717) is 0 Å². The van der Waals surface area contributed by atoms with Crippen LogP contribution >= 0.6 is 0 Å². The van der Waals surface area contributed by atoms with Crippen LogP contribution in [0.25, 0.3) is 0 Å². The van der Waals surface area contributed by atoms with Gasteiger partial charge in [0, 0.05) is 25.6 Å². The molecule has 0 aliphatic carbocycles. The summed E-state index contributed by atoms with van der Waals surface area (Å²) in [4.78, 5) is 10.1. The minimum absolute atomic E-state index is 0. The number of esters is 1. The molecule has 0 unspecified atom stereocenters. The van der Waals surface area contributed by atoms with Gasteiger partial charge in [-0.2, -0.15) is 0 Å². The van der Waals surface area contributed by atoms with E-state index >= 15 is 0 Å². The number of rotatable bonds is 3. The van der Waals surface area contributed by atoms with E-state index in [1.165, 1.54) is 0 Å². The summed E-state index contributed by atoms with van der Waals surface area (Å²) < 4.78 is 4.33. The number of ether oxygens (including phenoxy) is 1. The largest absolute Gasteiger partial charge is 0.460 e. The molecule has 3 nitrogen and oxygen atoms in total. The zero-order valence-corrected chi connectivity index (χ0v) is 6.55. The first kappa shape index (κ1) is 11.6. The molecule has 0 bridgehead atoms. The Morgan fingerprint density at radius 2 is 2.33 bits per heavy atom. The second-order valence-corrected chi connectivity index (χ2v) is 1.10. The van der Waals surface area contributed by atoms with Crippen LogP contribution in [0, 0.1) is 0 Å². The fraction of sp³-hybridized carbons (Fsp3) is 0.400. The fourth-order valence-electron chi connectivity index (χ4n) is 0.205. The molecule has 0 rings (SSSR count). The molecule has 0 atom stereocenters. The predicted octanol–water partition coefficient (Wildman–Crippen LogP) is -0.295. The molecule has 0 aromatic rings. The second kappa shape index (κ2) is 7.79. The molecule has 54 valence electrons. The zero-order valence-electron chi connectivity index (χ0n) is 4.82. The van der Waals surface area contributed by atoms with Crippen LogP contribution in [0.3, 0.4) is 0 Å². The molecule has 1 N–H and O–H groups in total. The third-order valence-electron chi connectivity index (χ3n) is 0.502. The Labute approximate surface area is 66.5 Å². The average molecular weight is 217 g/mol. The maximum absolute atomic E-state index is 10.1. The molecule has 0 radical (unpaired) electrons. The summed E-state index contributed by atoms with van der Waals surface area (Å²) in [6.45, 7) is 3.06. The third-order valence-corrected chi connectivity index (χ3v) is 0.502. The average Bonchev–Trinajstić information content (AvgIpc) is 1.83. The SMILES string of the molecule is C=CC(=O)OCCO.[Ru]. The molecule has 0 aliphatic heterocycles. The van der Waals surface area contributed by atoms with Gasteiger partial charge in [-0.05, 0) is 0 Å². The van der Waals surface area contributed by atoms with Gasteiger partial charge in [0.05, 0.1) is 6.61 Å². The predicted molar refractivity (Wildman–Crippen MR) is 28.2 cm³/mol. The normalized spacial score (nSPS) is 7.22. The summed E-state index contributed by atoms with van der Waals surface area (Å²) in [6, 6.07) is 0. The van der Waals surface area contributed by atoms with E-state index in [4.69, 9.17) is 5.11 Å². The first-order valence-electron chi connectivity index (χ1n) is 2.21. The first-order chi connectivity index (χ1) is 3.81. The number of carbonyl (C=O) groups excluding carboxylic acids is 1. The number of carbonyl (C=O) groups is 1. The van der Waals surface area contributed by atoms with Crippen molar-refractivity contribution in [3.63, 3.8) is 0 Å². The van der Waals surface area contributed by atoms with Gasteiger partial charge in [-0.15, -0.1) is 0 Å². The van der Waals surface area contributed by atoms with Crippen LogP contribution < -0.4 is 0 Å². The standard InChI is InChI=1S/C5H8O3.Ru/c1-2-5(7)8-4-3-6;/h2,6H,1,3-4H2;. The van der Waals surface area contributed by atoms with Crippen LogP contribution in [0.5, 0.6) is 0 Å². The Hall–Kier alpha value is -0.207. The first-order valence-corrected chi connectivity index (χ1v) is 2.21. The van der Waals surface area contributed by atoms with Crippen LogP contribution in [0.1, 0.15) is 0 Å². The topological polar surface area (TPSA) is 46.5 Å². The Balaban J connectivity index is 0. The maximum Gasteiger partial charge on any atom is 0.330 e. The van der Waals surface area contributed by atoms with Gasteiger partial charge in [0.25, 0.3) is 0 Å². The summed E-state index contributed by atoms with van der Waals surface area (Å²) in [5, 5.41) is 8.10. The molecular weight excluding hydrogens is 209 g/mol. The zero-order chi connectivity index (χ0) is 6.41. The van der Waals surface area contributed by atoms with Crippen molar-refractivity contribution < 1.29 is 34.1 Å². The Morgan fingerprint density at radius 3 is 2.67 bits per heavy atom. The van der Waals surface area contributed by atoms with Crippen molar-refractivity contribution >= 4 is 5.97 Å². The van der Waals surface area contributed by atoms with Crippen LogP contribution in [0.15, 0.2) is 12.7 Å². The molecule has 0 saturated heterocycles. The molecule has 0 heterocycles. The van der Waals surface area contributed by atoms with Crippen molar-refractivity contribution in [2.45, 2.75) is 0 Å². The van der Waals surface area contributed by atoms with E-state index in [0.717, 1.165) is 6.08 Å². The summed E-state index contributed by atoms with van der Waals surface area (Å²) in [7, 11) is 0. The minimum atomic E-state index is -0.501. The second-order valence-electron chi connectivity index (χ2n) is 1.10. The Morgan fingerprint density at radius 1 is 1.78 bits per heavy atom. The van der Waals surface area contributed by atoms with Crippen molar-refractivity contribution in [1.29, 1.82) is 0 Å². The van der Waals surface area contributed by atoms with Crippen LogP contribution in [-0.4, -0.2) is 24.3 Å². The molecule has 4 heteroatoms. The van der Waals surface area contributed by atoms with Gasteiger partial charge < -0.3 is 9.84 Å². The molecule has 0 aliphatic rings. The van der Waals surface area contributed by atoms with Crippen molar-refractivity contribution in [2.24, 2.45) is 0 Å². The van der Waals surface area contributed by atoms with Gasteiger partial charge in [0.15, 0.2) is 0 Å². The molecule has 0 aromatic heterocycles. The van der Waals surface area contributed by atoms with Gasteiger partial charge >= 0.3 is 5.97 Å². The minimum Gasteiger partial charge on any atom is -0.460 e. The van der Waals surface area contributed by atoms with Gasteiger partial charge in [0.1, 0.15) is 6.61 Å². The third kappa shape index (κ3) is 7.79. The van der Waals surface area contributed by atoms with Crippen molar-refractivity contribution in [3.05, 3.63) is 12.7 Å². The molecule has 0 saturated carbocycles. The van der Waals surface area contributed by atoms with E-state index in [-0.39, 0.29) is 32.7 Å². The summed E-state index contributed by atoms with van der Waals surface area (Å²) in [5.74, 6) is -0.501. The number of hydrogen-bond acceptors (Lipinski definition) is 3. The van der Waals surface area contributed by atoms with E-state index in [9.17, 15) is 4.79 Å². The molecule has 0 fully saturated rings. The molecule has 0 spiro atoms. The molecule has 0 aromatic carbocycles. The van der Waals surface area contributed by atoms with Crippen molar-refractivity contribution in [3.8, 4) is 0 Å². The van der Waals surface area contributed by atoms with Crippen LogP contribution in [0.2, 0.25) is 0 Å². The van der Waals surface area contributed by atoms with E-state index in [1.54, 1.807) is 0 Å².